The summed E-state index contributed by atoms with van der Waals surface area (Å²) in [6.07, 6.45) is 3.51. The van der Waals surface area contributed by atoms with Gasteiger partial charge in [-0.25, -0.2) is 23.4 Å². The predicted octanol–water partition coefficient (Wildman–Crippen LogP) is 2.82. The first-order valence-electron chi connectivity index (χ1n) is 19.7. The molecular weight excluding hydrogens is 821 g/mol. The number of aliphatic hydroxyl groups is 1. The molecule has 18 heteroatoms. The van der Waals surface area contributed by atoms with Crippen LogP contribution in [0.4, 0.5) is 8.78 Å². The van der Waals surface area contributed by atoms with Crippen LogP contribution in [0.25, 0.3) is 16.8 Å². The molecule has 15 nitrogen and oxygen atoms in total. The van der Waals surface area contributed by atoms with E-state index in [1.807, 2.05) is 13.8 Å². The first-order valence-corrected chi connectivity index (χ1v) is 19.7. The third-order valence-corrected chi connectivity index (χ3v) is 7.80. The Morgan fingerprint density at radius 1 is 0.823 bits per heavy atom. The van der Waals surface area contributed by atoms with Crippen LogP contribution in [0, 0.1) is 17.7 Å². The number of carbonyl (C=O) groups excluding carboxylic acids is 3. The van der Waals surface area contributed by atoms with E-state index < -0.39 is 47.9 Å². The van der Waals surface area contributed by atoms with Gasteiger partial charge in [0.25, 0.3) is 11.1 Å². The number of halogens is 2. The van der Waals surface area contributed by atoms with Crippen molar-refractivity contribution in [2.75, 3.05) is 39.6 Å². The van der Waals surface area contributed by atoms with Crippen LogP contribution in [-0.4, -0.2) is 81.4 Å². The first kappa shape index (κ1) is 54.8. The van der Waals surface area contributed by atoms with Crippen molar-refractivity contribution in [3.63, 3.8) is 0 Å². The van der Waals surface area contributed by atoms with Crippen molar-refractivity contribution in [1.82, 2.24) is 18.9 Å². The molecule has 3 aromatic heterocycles. The Kier molecular flexibility index (Phi) is 25.1. The molecule has 0 unspecified atom stereocenters. The second-order valence-corrected chi connectivity index (χ2v) is 13.6. The summed E-state index contributed by atoms with van der Waals surface area (Å²) < 4.78 is 50.8. The number of ether oxygens (including phenoxy) is 4. The van der Waals surface area contributed by atoms with Crippen LogP contribution in [0.3, 0.4) is 0 Å². The summed E-state index contributed by atoms with van der Waals surface area (Å²) in [6, 6.07) is 13.4. The molecule has 0 amide bonds. The molecule has 2 aromatic carbocycles. The summed E-state index contributed by atoms with van der Waals surface area (Å²) >= 11 is 0. The SMILES string of the molecule is CCO.CCOC(=O)c1c[nH]c2c(F)c(-c3ccc(OCC(C)C)cc3)cn2c1=O.CCOC(=O)c1cnc(CF)n(CC(=O)c2ccc(OCC(C)C)cc2)c1=O.CC[O-].[Na+]. The molecule has 0 radical (unpaired) electrons. The summed E-state index contributed by atoms with van der Waals surface area (Å²) in [4.78, 5) is 67.7. The second-order valence-electron chi connectivity index (χ2n) is 13.6. The topological polar surface area (TPSA) is 204 Å². The van der Waals surface area contributed by atoms with E-state index in [-0.39, 0.29) is 84.1 Å². The Bertz CT molecular complexity index is 2270. The van der Waals surface area contributed by atoms with Crippen molar-refractivity contribution in [2.45, 2.75) is 68.6 Å². The first-order chi connectivity index (χ1) is 29.1. The van der Waals surface area contributed by atoms with E-state index in [9.17, 15) is 32.8 Å². The molecule has 0 aliphatic carbocycles. The summed E-state index contributed by atoms with van der Waals surface area (Å²) in [7, 11) is 0. The number of aliphatic hydroxyl groups excluding tert-OH is 1. The average Bonchev–Trinajstić information content (AvgIpc) is 3.57. The molecule has 2 N–H and O–H groups in total. The van der Waals surface area contributed by atoms with Crippen LogP contribution in [0.15, 0.2) is 76.7 Å². The molecule has 3 heterocycles. The van der Waals surface area contributed by atoms with Crippen molar-refractivity contribution in [2.24, 2.45) is 11.8 Å². The number of aromatic nitrogens is 4. The molecule has 332 valence electrons. The number of esters is 2. The van der Waals surface area contributed by atoms with Gasteiger partial charge >= 0.3 is 41.5 Å². The van der Waals surface area contributed by atoms with E-state index in [0.717, 1.165) is 15.2 Å². The molecule has 5 aromatic rings. The fraction of sp³-hybridized carbons (Fsp3) is 0.409. The standard InChI is InChI=1S/C20H23FN2O5.C20H21FN2O4.C2H6O.C2H5O.Na/c1-4-27-20(26)16-10-22-18(9-21)23(19(16)25)11-17(24)14-5-7-15(8-6-14)28-12-13(2)3;1-4-26-20(25)15-9-22-18-17(21)16(10-23(18)19(15)24)13-5-7-14(8-6-13)27-11-12(2)3;2*1-2-3;/h5-8,10,13H,4,9,11-12H2,1-3H3;5-10,12,22H,4,11H2,1-3H3;3H,2H2,1H3;2H2,1H3;/q;;;-1;+1. The van der Waals surface area contributed by atoms with Gasteiger partial charge in [-0.15, -0.1) is 6.61 Å². The van der Waals surface area contributed by atoms with Crippen molar-refractivity contribution in [3.8, 4) is 22.6 Å². The maximum absolute atomic E-state index is 14.8. The number of aromatic amines is 1. The van der Waals surface area contributed by atoms with E-state index in [2.05, 4.69) is 23.8 Å². The molecular formula is C44H55F2N4NaO11. The Balaban J connectivity index is 0.000000542. The number of carbonyl (C=O) groups is 3. The molecule has 0 aliphatic heterocycles. The van der Waals surface area contributed by atoms with Gasteiger partial charge in [-0.1, -0.05) is 46.8 Å². The number of nitrogens with zero attached hydrogens (tertiary/aromatic N) is 3. The van der Waals surface area contributed by atoms with Crippen LogP contribution in [0.1, 0.15) is 92.3 Å². The number of alkyl halides is 1. The minimum Gasteiger partial charge on any atom is -0.855 e. The number of fused-ring (bicyclic) bond motifs is 1. The van der Waals surface area contributed by atoms with Gasteiger partial charge in [-0.05, 0) is 74.6 Å². The zero-order valence-electron chi connectivity index (χ0n) is 36.8. The molecule has 0 spiro atoms. The van der Waals surface area contributed by atoms with Gasteiger partial charge in [0.1, 0.15) is 35.1 Å². The Morgan fingerprint density at radius 3 is 1.77 bits per heavy atom. The van der Waals surface area contributed by atoms with Crippen LogP contribution in [0.5, 0.6) is 11.5 Å². The molecule has 0 aliphatic rings. The zero-order valence-corrected chi connectivity index (χ0v) is 38.8. The summed E-state index contributed by atoms with van der Waals surface area (Å²) in [5.41, 5.74) is -0.806. The quantitative estimate of drug-likeness (QED) is 0.0886. The van der Waals surface area contributed by atoms with Gasteiger partial charge < -0.3 is 34.1 Å². The predicted molar refractivity (Wildman–Crippen MR) is 223 cm³/mol. The van der Waals surface area contributed by atoms with Gasteiger partial charge in [0.2, 0.25) is 0 Å². The van der Waals surface area contributed by atoms with Gasteiger partial charge in [-0.2, -0.15) is 0 Å². The maximum atomic E-state index is 14.8. The van der Waals surface area contributed by atoms with Crippen molar-refractivity contribution in [3.05, 3.63) is 116 Å². The minimum atomic E-state index is -1.05. The third kappa shape index (κ3) is 16.2. The van der Waals surface area contributed by atoms with Crippen molar-refractivity contribution < 1.29 is 81.9 Å². The number of H-pyrrole nitrogens is 1. The number of rotatable bonds is 15. The number of hydrogen-bond donors (Lipinski definition) is 2. The summed E-state index contributed by atoms with van der Waals surface area (Å²) in [5, 5.41) is 16.5. The van der Waals surface area contributed by atoms with E-state index in [0.29, 0.717) is 47.7 Å². The number of nitrogens with one attached hydrogen (secondary N) is 1. The summed E-state index contributed by atoms with van der Waals surface area (Å²) in [6.45, 7) is 14.8. The van der Waals surface area contributed by atoms with Crippen molar-refractivity contribution in [1.29, 1.82) is 0 Å². The molecule has 0 bridgehead atoms. The largest absolute Gasteiger partial charge is 1.00 e. The minimum absolute atomic E-state index is 0. The number of benzene rings is 2. The average molecular weight is 877 g/mol. The fourth-order valence-electron chi connectivity index (χ4n) is 5.04. The number of ketones is 1. The maximum Gasteiger partial charge on any atom is 1.00 e. The summed E-state index contributed by atoms with van der Waals surface area (Å²) in [5.74, 6) is -0.752. The third-order valence-electron chi connectivity index (χ3n) is 7.80. The van der Waals surface area contributed by atoms with Gasteiger partial charge in [0.15, 0.2) is 17.2 Å². The number of Topliss-reactive ketones (excluding diaryl/α,β-unsaturated/α-hetero) is 1. The van der Waals surface area contributed by atoms with Crippen LogP contribution < -0.4 is 55.3 Å². The van der Waals surface area contributed by atoms with Gasteiger partial charge in [0.05, 0.1) is 33.0 Å². The normalized spacial score (nSPS) is 10.3. The Hall–Kier alpha value is -5.20. The smallest absolute Gasteiger partial charge is 0.855 e. The molecule has 5 rings (SSSR count). The van der Waals surface area contributed by atoms with E-state index in [4.69, 9.17) is 29.2 Å². The van der Waals surface area contributed by atoms with Crippen LogP contribution in [-0.2, 0) is 22.7 Å². The van der Waals surface area contributed by atoms with Crippen LogP contribution in [0.2, 0.25) is 0 Å². The fourth-order valence-corrected chi connectivity index (χ4v) is 5.04. The van der Waals surface area contributed by atoms with Gasteiger partial charge in [-0.3, -0.25) is 23.4 Å². The molecule has 62 heavy (non-hydrogen) atoms. The molecule has 0 saturated carbocycles. The van der Waals surface area contributed by atoms with Gasteiger partial charge in [0, 0.05) is 36.3 Å². The van der Waals surface area contributed by atoms with E-state index in [1.54, 1.807) is 76.2 Å². The van der Waals surface area contributed by atoms with E-state index in [1.165, 1.54) is 12.4 Å². The second kappa shape index (κ2) is 28.4. The van der Waals surface area contributed by atoms with E-state index >= 15 is 0 Å². The Labute approximate surface area is 381 Å². The monoisotopic (exact) mass is 876 g/mol. The molecule has 0 fully saturated rings. The van der Waals surface area contributed by atoms with Crippen molar-refractivity contribution >= 4 is 23.4 Å². The number of hydrogen-bond acceptors (Lipinski definition) is 12. The van der Waals surface area contributed by atoms with Crippen LogP contribution >= 0.6 is 0 Å². The Morgan fingerprint density at radius 2 is 1.31 bits per heavy atom. The zero-order chi connectivity index (χ0) is 45.6. The molecule has 0 atom stereocenters. The molecule has 0 saturated heterocycles.